The van der Waals surface area contributed by atoms with Crippen LogP contribution in [-0.4, -0.2) is 4.96 Å². The first kappa shape index (κ1) is 10.4. The molecule has 0 rings (SSSR count). The van der Waals surface area contributed by atoms with Crippen LogP contribution in [0.25, 0.3) is 0 Å². The van der Waals surface area contributed by atoms with Crippen LogP contribution in [0.3, 0.4) is 0 Å². The molecule has 0 heterocycles. The van der Waals surface area contributed by atoms with E-state index < -0.39 is 4.96 Å². The summed E-state index contributed by atoms with van der Waals surface area (Å²) in [6, 6.07) is 1.75. The molecule has 0 saturated heterocycles. The van der Waals surface area contributed by atoms with E-state index >= 15 is 0 Å². The van der Waals surface area contributed by atoms with Gasteiger partial charge in [-0.2, -0.15) is 39.6 Å². The van der Waals surface area contributed by atoms with E-state index in [-0.39, 0.29) is 0 Å². The van der Waals surface area contributed by atoms with Gasteiger partial charge in [0.05, 0.1) is 6.07 Å². The Bertz CT molecular complexity index is 55.7. The minimum absolute atomic E-state index is 0.750. The van der Waals surface area contributed by atoms with Crippen LogP contribution in [0.4, 0.5) is 0 Å². The smallest absolute Gasteiger partial charge is 0.199 e. The van der Waals surface area contributed by atoms with Crippen molar-refractivity contribution in [3.63, 3.8) is 0 Å². The Morgan fingerprint density at radius 3 is 1.43 bits per heavy atom. The zero-order valence-corrected chi connectivity index (χ0v) is 5.93. The molecule has 0 unspecified atom stereocenters. The Hall–Kier alpha value is 0.425. The van der Waals surface area contributed by atoms with Crippen molar-refractivity contribution < 1.29 is 0 Å². The number of nitrogens with zero attached hydrogens (tertiary/aromatic N) is 1. The summed E-state index contributed by atoms with van der Waals surface area (Å²) in [5.74, 6) is 0. The minimum Gasteiger partial charge on any atom is -0.199 e. The highest BCUT2D eigenvalue weighted by molar-refractivity contribution is 7.54. The molecule has 0 spiro atoms. The minimum atomic E-state index is -0.750. The predicted octanol–water partition coefficient (Wildman–Crippen LogP) is 2.22. The zero-order valence-electron chi connectivity index (χ0n) is 3.66. The molecule has 0 bridgehead atoms. The van der Waals surface area contributed by atoms with Crippen molar-refractivity contribution >= 4 is 39.3 Å². The molecule has 5 heteroatoms. The van der Waals surface area contributed by atoms with Crippen molar-refractivity contribution in [2.75, 3.05) is 0 Å². The van der Waals surface area contributed by atoms with Crippen LogP contribution in [-0.2, 0) is 0 Å². The molecule has 0 amide bonds. The highest BCUT2D eigenvalue weighted by atomic mass is 35.6. The Kier molecular flexibility index (Phi) is 14.4. The molecule has 0 radical (unpaired) electrons. The lowest BCUT2D eigenvalue weighted by molar-refractivity contribution is 1.49. The molecule has 0 aromatic carbocycles. The molecule has 1 nitrogen and oxygen atoms in total. The topological polar surface area (TPSA) is 23.8 Å². The first-order valence-corrected chi connectivity index (χ1v) is 2.69. The van der Waals surface area contributed by atoms with Gasteiger partial charge in [-0.25, -0.2) is 0 Å². The summed E-state index contributed by atoms with van der Waals surface area (Å²) in [6.45, 7) is 1.43. The van der Waals surface area contributed by atoms with E-state index in [1.54, 1.807) is 6.07 Å². The molecule has 7 heavy (non-hydrogen) atoms. The van der Waals surface area contributed by atoms with Gasteiger partial charge >= 0.3 is 4.96 Å². The monoisotopic (exact) mass is 157 g/mol. The van der Waals surface area contributed by atoms with E-state index in [0.29, 0.717) is 0 Å². The van der Waals surface area contributed by atoms with E-state index in [9.17, 15) is 0 Å². The van der Waals surface area contributed by atoms with E-state index in [1.165, 1.54) is 6.92 Å². The molecule has 0 aromatic rings. The first-order chi connectivity index (χ1) is 3.15. The molecule has 0 atom stereocenters. The maximum absolute atomic E-state index is 7.32. The van der Waals surface area contributed by atoms with Gasteiger partial charge in [0.15, 0.2) is 0 Å². The maximum atomic E-state index is 7.32. The SMILES string of the molecule is CC#N.ClB(Cl)Cl. The number of rotatable bonds is 0. The van der Waals surface area contributed by atoms with Crippen molar-refractivity contribution in [2.24, 2.45) is 0 Å². The van der Waals surface area contributed by atoms with Crippen molar-refractivity contribution in [3.8, 4) is 6.07 Å². The van der Waals surface area contributed by atoms with Gasteiger partial charge in [0.2, 0.25) is 0 Å². The second-order valence-electron chi connectivity index (χ2n) is 0.471. The zero-order chi connectivity index (χ0) is 6.28. The fraction of sp³-hybridized carbons (Fsp3) is 0.500. The molecular formula is C2H3BCl3N. The molecular weight excluding hydrogens is 155 g/mol. The van der Waals surface area contributed by atoms with Crippen molar-refractivity contribution in [1.82, 2.24) is 0 Å². The summed E-state index contributed by atoms with van der Waals surface area (Å²) in [6.07, 6.45) is 0. The molecule has 0 aliphatic rings. The highest BCUT2D eigenvalue weighted by Crippen LogP contribution is 1.97. The summed E-state index contributed by atoms with van der Waals surface area (Å²) >= 11 is 14.4. The lowest BCUT2D eigenvalue weighted by Crippen LogP contribution is -1.66. The summed E-state index contributed by atoms with van der Waals surface area (Å²) in [5, 5.41) is 7.32. The molecule has 0 fully saturated rings. The number of halogens is 3. The van der Waals surface area contributed by atoms with Gasteiger partial charge in [-0.05, 0) is 0 Å². The van der Waals surface area contributed by atoms with Gasteiger partial charge in [-0.1, -0.05) is 0 Å². The van der Waals surface area contributed by atoms with E-state index in [4.69, 9.17) is 39.6 Å². The highest BCUT2D eigenvalue weighted by Gasteiger charge is 1.91. The summed E-state index contributed by atoms with van der Waals surface area (Å²) < 4.78 is 0. The molecule has 0 N–H and O–H groups in total. The van der Waals surface area contributed by atoms with Gasteiger partial charge < -0.3 is 0 Å². The van der Waals surface area contributed by atoms with Crippen LogP contribution in [0.1, 0.15) is 6.92 Å². The Balaban J connectivity index is 0. The van der Waals surface area contributed by atoms with Crippen molar-refractivity contribution in [2.45, 2.75) is 6.92 Å². The number of hydrogen-bond acceptors (Lipinski definition) is 1. The van der Waals surface area contributed by atoms with Gasteiger partial charge in [0, 0.05) is 6.92 Å². The lowest BCUT2D eigenvalue weighted by Gasteiger charge is -1.61. The Labute approximate surface area is 58.0 Å². The summed E-state index contributed by atoms with van der Waals surface area (Å²) in [5.41, 5.74) is 0. The lowest BCUT2D eigenvalue weighted by atomic mass is 10.7. The third kappa shape index (κ3) is 697. The number of nitriles is 1. The average Bonchev–Trinajstić information content (AvgIpc) is 1.33. The molecule has 0 aromatic heterocycles. The third-order valence-electron chi connectivity index (χ3n) is 0. The average molecular weight is 158 g/mol. The quantitative estimate of drug-likeness (QED) is 0.496. The van der Waals surface area contributed by atoms with Crippen LogP contribution < -0.4 is 0 Å². The number of hydrogen-bond donors (Lipinski definition) is 0. The van der Waals surface area contributed by atoms with E-state index in [2.05, 4.69) is 0 Å². The largest absolute Gasteiger partial charge is 0.450 e. The fourth-order valence-electron chi connectivity index (χ4n) is 0. The van der Waals surface area contributed by atoms with Crippen LogP contribution in [0.5, 0.6) is 0 Å². The molecule has 0 saturated carbocycles. The first-order valence-electron chi connectivity index (χ1n) is 1.38. The van der Waals surface area contributed by atoms with E-state index in [1.807, 2.05) is 0 Å². The third-order valence-corrected chi connectivity index (χ3v) is 0. The summed E-state index contributed by atoms with van der Waals surface area (Å²) in [7, 11) is 0. The van der Waals surface area contributed by atoms with Crippen molar-refractivity contribution in [3.05, 3.63) is 0 Å². The Morgan fingerprint density at radius 2 is 1.43 bits per heavy atom. The van der Waals surface area contributed by atoms with Gasteiger partial charge in [-0.3, -0.25) is 0 Å². The fourth-order valence-corrected chi connectivity index (χ4v) is 0. The van der Waals surface area contributed by atoms with Crippen molar-refractivity contribution in [1.29, 1.82) is 5.26 Å². The molecule has 40 valence electrons. The molecule has 0 aliphatic carbocycles. The van der Waals surface area contributed by atoms with E-state index in [0.717, 1.165) is 0 Å². The van der Waals surface area contributed by atoms with Crippen LogP contribution in [0, 0.1) is 11.3 Å². The second kappa shape index (κ2) is 9.66. The molecule has 0 aliphatic heterocycles. The Morgan fingerprint density at radius 1 is 1.43 bits per heavy atom. The van der Waals surface area contributed by atoms with Gasteiger partial charge in [0.25, 0.3) is 0 Å². The second-order valence-corrected chi connectivity index (χ2v) is 2.45. The van der Waals surface area contributed by atoms with Crippen LogP contribution >= 0.6 is 34.4 Å². The van der Waals surface area contributed by atoms with Crippen LogP contribution in [0.2, 0.25) is 0 Å². The standard InChI is InChI=1S/C2H3N.BCl3/c1-2-3;2-1(3)4/h1H3;. The predicted molar refractivity (Wildman–Crippen MR) is 34.6 cm³/mol. The van der Waals surface area contributed by atoms with Crippen LogP contribution in [0.15, 0.2) is 0 Å². The maximum Gasteiger partial charge on any atom is 0.450 e. The normalized spacial score (nSPS) is 5.00. The van der Waals surface area contributed by atoms with Gasteiger partial charge in [0.1, 0.15) is 0 Å². The van der Waals surface area contributed by atoms with Gasteiger partial charge in [-0.15, -0.1) is 0 Å². The summed E-state index contributed by atoms with van der Waals surface area (Å²) in [4.78, 5) is -0.750.